The van der Waals surface area contributed by atoms with Crippen molar-refractivity contribution >= 4 is 35.6 Å². The van der Waals surface area contributed by atoms with Gasteiger partial charge in [0.2, 0.25) is 11.8 Å². The van der Waals surface area contributed by atoms with Crippen molar-refractivity contribution in [2.24, 2.45) is 0 Å². The lowest BCUT2D eigenvalue weighted by molar-refractivity contribution is -0.159. The van der Waals surface area contributed by atoms with Crippen LogP contribution in [0.2, 0.25) is 0 Å². The first-order valence-corrected chi connectivity index (χ1v) is 16.2. The van der Waals surface area contributed by atoms with Gasteiger partial charge in [-0.05, 0) is 71.6 Å². The Balaban J connectivity index is 2.57. The molecule has 0 aromatic heterocycles. The van der Waals surface area contributed by atoms with Gasteiger partial charge in [0.05, 0.1) is 6.61 Å². The zero-order valence-corrected chi connectivity index (χ0v) is 28.0. The smallest absolute Gasteiger partial charge is 0.408 e. The van der Waals surface area contributed by atoms with E-state index in [0.29, 0.717) is 5.75 Å². The van der Waals surface area contributed by atoms with E-state index >= 15 is 0 Å². The number of nitrogens with one attached hydrogen (secondary N) is 2. The molecule has 2 rings (SSSR count). The quantitative estimate of drug-likeness (QED) is 0.224. The summed E-state index contributed by atoms with van der Waals surface area (Å²) in [6, 6.07) is 11.3. The highest BCUT2D eigenvalue weighted by atomic mass is 32.2. The molecule has 4 N–H and O–H groups in total. The van der Waals surface area contributed by atoms with Crippen molar-refractivity contribution in [1.82, 2.24) is 15.5 Å². The molecule has 2 aromatic rings. The highest BCUT2D eigenvalue weighted by Gasteiger charge is 2.39. The van der Waals surface area contributed by atoms with Gasteiger partial charge in [0.1, 0.15) is 35.1 Å². The number of benzene rings is 2. The fourth-order valence-corrected chi connectivity index (χ4v) is 4.92. The van der Waals surface area contributed by atoms with E-state index in [-0.39, 0.29) is 30.7 Å². The fraction of sp³-hybridized carbons (Fsp3) is 0.515. The second kappa shape index (κ2) is 17.1. The molecule has 0 bridgehead atoms. The molecule has 3 amide bonds. The number of phenols is 1. The predicted molar refractivity (Wildman–Crippen MR) is 174 cm³/mol. The summed E-state index contributed by atoms with van der Waals surface area (Å²) in [5, 5.41) is 26.2. The number of hydrogen-bond acceptors (Lipinski definition) is 9. The molecule has 3 unspecified atom stereocenters. The van der Waals surface area contributed by atoms with Crippen LogP contribution in [0, 0.1) is 0 Å². The molecule has 2 aromatic carbocycles. The van der Waals surface area contributed by atoms with Crippen LogP contribution in [0.5, 0.6) is 5.75 Å². The maximum atomic E-state index is 14.2. The third-order valence-electron chi connectivity index (χ3n) is 6.31. The van der Waals surface area contributed by atoms with Crippen molar-refractivity contribution < 1.29 is 38.9 Å². The number of amides is 3. The van der Waals surface area contributed by atoms with Crippen LogP contribution < -0.4 is 10.6 Å². The largest absolute Gasteiger partial charge is 0.508 e. The molecule has 0 aliphatic rings. The summed E-state index contributed by atoms with van der Waals surface area (Å²) in [6.45, 7) is 9.38. The lowest BCUT2D eigenvalue weighted by atomic mass is 9.99. The summed E-state index contributed by atoms with van der Waals surface area (Å²) in [6.07, 6.45) is 1.33. The molecule has 0 radical (unpaired) electrons. The lowest BCUT2D eigenvalue weighted by Gasteiger charge is -2.35. The van der Waals surface area contributed by atoms with Crippen molar-refractivity contribution in [3.05, 3.63) is 65.7 Å². The monoisotopic (exact) mass is 645 g/mol. The number of rotatable bonds is 14. The number of esters is 1. The third kappa shape index (κ3) is 12.6. The van der Waals surface area contributed by atoms with E-state index in [2.05, 4.69) is 10.6 Å². The molecular weight excluding hydrogens is 598 g/mol. The van der Waals surface area contributed by atoms with Crippen LogP contribution in [0.4, 0.5) is 4.79 Å². The van der Waals surface area contributed by atoms with Crippen molar-refractivity contribution in [3.63, 3.8) is 0 Å². The van der Waals surface area contributed by atoms with E-state index in [0.717, 1.165) is 10.5 Å². The number of aromatic hydroxyl groups is 1. The first kappa shape index (κ1) is 37.4. The van der Waals surface area contributed by atoms with Gasteiger partial charge >= 0.3 is 12.1 Å². The molecule has 0 aliphatic carbocycles. The summed E-state index contributed by atoms with van der Waals surface area (Å²) in [4.78, 5) is 55.5. The zero-order valence-electron chi connectivity index (χ0n) is 27.2. The molecule has 0 saturated carbocycles. The number of aliphatic hydroxyl groups excluding tert-OH is 1. The number of carbonyl (C=O) groups is 4. The lowest BCUT2D eigenvalue weighted by Crippen LogP contribution is -2.55. The molecule has 12 heteroatoms. The zero-order chi connectivity index (χ0) is 33.8. The number of aliphatic hydroxyl groups is 1. The minimum absolute atomic E-state index is 0.0698. The first-order valence-electron chi connectivity index (χ1n) is 14.8. The summed E-state index contributed by atoms with van der Waals surface area (Å²) >= 11 is 1.46. The van der Waals surface area contributed by atoms with Crippen molar-refractivity contribution in [2.75, 3.05) is 25.2 Å². The van der Waals surface area contributed by atoms with Crippen LogP contribution in [0.1, 0.15) is 65.1 Å². The van der Waals surface area contributed by atoms with Gasteiger partial charge in [0, 0.05) is 18.5 Å². The topological polar surface area (TPSA) is 154 Å². The summed E-state index contributed by atoms with van der Waals surface area (Å²) in [7, 11) is 0. The Morgan fingerprint density at radius 2 is 1.47 bits per heavy atom. The normalized spacial score (nSPS) is 13.6. The highest BCUT2D eigenvalue weighted by Crippen LogP contribution is 2.30. The van der Waals surface area contributed by atoms with Gasteiger partial charge in [-0.15, -0.1) is 0 Å². The second-order valence-electron chi connectivity index (χ2n) is 12.5. The highest BCUT2D eigenvalue weighted by molar-refractivity contribution is 7.98. The number of thioether (sulfide) groups is 1. The van der Waals surface area contributed by atoms with E-state index < -0.39 is 59.8 Å². The van der Waals surface area contributed by atoms with Gasteiger partial charge in [-0.25, -0.2) is 9.59 Å². The van der Waals surface area contributed by atoms with E-state index in [1.54, 1.807) is 53.7 Å². The van der Waals surface area contributed by atoms with E-state index in [1.165, 1.54) is 23.9 Å². The van der Waals surface area contributed by atoms with E-state index in [4.69, 9.17) is 9.47 Å². The Hall–Kier alpha value is -3.77. The van der Waals surface area contributed by atoms with Crippen LogP contribution in [-0.2, 0) is 30.3 Å². The van der Waals surface area contributed by atoms with Crippen LogP contribution >= 0.6 is 11.8 Å². The van der Waals surface area contributed by atoms with Gasteiger partial charge in [0.15, 0.2) is 0 Å². The van der Waals surface area contributed by atoms with Crippen molar-refractivity contribution in [1.29, 1.82) is 0 Å². The minimum atomic E-state index is -1.48. The summed E-state index contributed by atoms with van der Waals surface area (Å²) in [5.41, 5.74) is -0.838. The number of phenolic OH excluding ortho intramolecular Hbond substituents is 1. The maximum Gasteiger partial charge on any atom is 0.408 e. The Morgan fingerprint density at radius 3 is 2.02 bits per heavy atom. The van der Waals surface area contributed by atoms with Gasteiger partial charge < -0.3 is 35.2 Å². The molecule has 0 heterocycles. The predicted octanol–water partition coefficient (Wildman–Crippen LogP) is 3.97. The molecule has 11 nitrogen and oxygen atoms in total. The van der Waals surface area contributed by atoms with Crippen molar-refractivity contribution in [3.8, 4) is 5.75 Å². The van der Waals surface area contributed by atoms with Crippen LogP contribution in [0.15, 0.2) is 54.6 Å². The third-order valence-corrected chi connectivity index (χ3v) is 6.95. The summed E-state index contributed by atoms with van der Waals surface area (Å²) in [5.74, 6) is -1.92. The number of alkyl carbamates (subject to hydrolysis) is 1. The van der Waals surface area contributed by atoms with Crippen molar-refractivity contribution in [2.45, 2.75) is 83.7 Å². The summed E-state index contributed by atoms with van der Waals surface area (Å²) < 4.78 is 11.0. The first-order chi connectivity index (χ1) is 21.1. The number of hydrogen-bond donors (Lipinski definition) is 4. The molecule has 0 spiro atoms. The number of ether oxygens (including phenoxy) is 2. The molecule has 248 valence electrons. The van der Waals surface area contributed by atoms with Gasteiger partial charge in [0.25, 0.3) is 0 Å². The Morgan fingerprint density at radius 1 is 0.867 bits per heavy atom. The van der Waals surface area contributed by atoms with Gasteiger partial charge in [-0.3, -0.25) is 9.59 Å². The van der Waals surface area contributed by atoms with Gasteiger partial charge in [-0.1, -0.05) is 48.5 Å². The molecule has 45 heavy (non-hydrogen) atoms. The molecule has 3 atom stereocenters. The number of nitrogens with zero attached hydrogens (tertiary/aromatic N) is 1. The SMILES string of the molecule is CSCCC(NC(=O)OC(C)(C)C)C(=O)N(CCO)C(C(=O)NC(Cc1ccccc1)C(=O)OC(C)(C)C)c1ccccc1O. The van der Waals surface area contributed by atoms with Crippen LogP contribution in [0.3, 0.4) is 0 Å². The van der Waals surface area contributed by atoms with Crippen LogP contribution in [-0.4, -0.2) is 87.4 Å². The number of para-hydroxylation sites is 1. The van der Waals surface area contributed by atoms with Crippen LogP contribution in [0.25, 0.3) is 0 Å². The Kier molecular flexibility index (Phi) is 14.2. The van der Waals surface area contributed by atoms with Gasteiger partial charge in [-0.2, -0.15) is 11.8 Å². The molecular formula is C33H47N3O8S. The van der Waals surface area contributed by atoms with E-state index in [9.17, 15) is 29.4 Å². The Labute approximate surface area is 270 Å². The number of carbonyl (C=O) groups excluding carboxylic acids is 4. The minimum Gasteiger partial charge on any atom is -0.508 e. The molecule has 0 fully saturated rings. The maximum absolute atomic E-state index is 14.2. The average molecular weight is 646 g/mol. The van der Waals surface area contributed by atoms with E-state index in [1.807, 2.05) is 36.6 Å². The average Bonchev–Trinajstić information content (AvgIpc) is 2.94. The Bertz CT molecular complexity index is 1280. The second-order valence-corrected chi connectivity index (χ2v) is 13.5. The molecule has 0 aliphatic heterocycles. The fourth-order valence-electron chi connectivity index (χ4n) is 4.45. The molecule has 0 saturated heterocycles. The standard InChI is InChI=1S/C33H47N3O8S/c1-32(2,3)43-30(41)25(21-22-13-9-8-10-14-22)34-28(39)27(23-15-11-12-16-26(23)38)36(18-19-37)29(40)24(17-20-45-7)35-31(42)44-33(4,5)6/h8-16,24-25,27,37-38H,17-21H2,1-7H3,(H,34,39)(H,35,42).